The Bertz CT molecular complexity index is 589. The Morgan fingerprint density at radius 2 is 1.95 bits per heavy atom. The fourth-order valence-corrected chi connectivity index (χ4v) is 4.37. The van der Waals surface area contributed by atoms with Crippen LogP contribution in [0.2, 0.25) is 0 Å². The van der Waals surface area contributed by atoms with Gasteiger partial charge in [0, 0.05) is 12.3 Å². The third kappa shape index (κ3) is 3.43. The number of methoxy groups -OCH3 is 1. The van der Waals surface area contributed by atoms with Gasteiger partial charge >= 0.3 is 5.97 Å². The molecule has 8 heteroatoms. The highest BCUT2D eigenvalue weighted by atomic mass is 32.2. The predicted octanol–water partition coefficient (Wildman–Crippen LogP) is 2.12. The fraction of sp³-hybridized carbons (Fsp3) is 0.583. The second kappa shape index (κ2) is 6.45. The molecule has 0 radical (unpaired) electrons. The highest BCUT2D eigenvalue weighted by Crippen LogP contribution is 2.40. The lowest BCUT2D eigenvalue weighted by atomic mass is 10.2. The van der Waals surface area contributed by atoms with Gasteiger partial charge in [-0.3, -0.25) is 0 Å². The average molecular weight is 320 g/mol. The molecule has 114 valence electrons. The largest absolute Gasteiger partial charge is 0.465 e. The van der Waals surface area contributed by atoms with Crippen molar-refractivity contribution in [2.45, 2.75) is 37.6 Å². The van der Waals surface area contributed by atoms with E-state index in [-0.39, 0.29) is 21.5 Å². The second-order valence-corrected chi connectivity index (χ2v) is 7.40. The summed E-state index contributed by atoms with van der Waals surface area (Å²) in [5.41, 5.74) is 5.77. The van der Waals surface area contributed by atoms with Crippen LogP contribution >= 0.6 is 11.3 Å². The summed E-state index contributed by atoms with van der Waals surface area (Å²) in [6.07, 6.45) is 2.75. The van der Waals surface area contributed by atoms with E-state index in [1.165, 1.54) is 7.11 Å². The molecular formula is C12H20N2O4S2. The lowest BCUT2D eigenvalue weighted by molar-refractivity contribution is 0.0607. The summed E-state index contributed by atoms with van der Waals surface area (Å²) >= 11 is 1.01. The molecule has 0 unspecified atom stereocenters. The summed E-state index contributed by atoms with van der Waals surface area (Å²) in [4.78, 5) is 11.7. The molecule has 0 spiro atoms. The maximum absolute atomic E-state index is 11.9. The van der Waals surface area contributed by atoms with E-state index < -0.39 is 15.8 Å². The van der Waals surface area contributed by atoms with E-state index in [0.29, 0.717) is 5.00 Å². The summed E-state index contributed by atoms with van der Waals surface area (Å²) in [5.74, 6) is -0.630. The molecule has 3 N–H and O–H groups in total. The summed E-state index contributed by atoms with van der Waals surface area (Å²) in [6, 6.07) is 0.124. The van der Waals surface area contributed by atoms with Crippen LogP contribution < -0.4 is 11.1 Å². The molecule has 0 atom stereocenters. The number of thiophene rings is 1. The molecule has 0 bridgehead atoms. The summed E-state index contributed by atoms with van der Waals surface area (Å²) in [6.45, 7) is 4.00. The molecule has 1 heterocycles. The predicted molar refractivity (Wildman–Crippen MR) is 81.2 cm³/mol. The molecule has 6 nitrogen and oxygen atoms in total. The number of nitrogens with one attached hydrogen (secondary N) is 1. The quantitative estimate of drug-likeness (QED) is 0.779. The third-order valence-corrected chi connectivity index (χ3v) is 5.37. The maximum atomic E-state index is 11.9. The van der Waals surface area contributed by atoms with Gasteiger partial charge in [0.25, 0.3) is 0 Å². The first-order valence-electron chi connectivity index (χ1n) is 6.23. The molecule has 0 aliphatic carbocycles. The number of anilines is 2. The van der Waals surface area contributed by atoms with Crippen LogP contribution in [0.1, 0.15) is 36.4 Å². The zero-order valence-electron chi connectivity index (χ0n) is 12.0. The smallest absolute Gasteiger partial charge is 0.350 e. The topological polar surface area (TPSA) is 98.5 Å². The molecule has 0 aliphatic rings. The van der Waals surface area contributed by atoms with Gasteiger partial charge in [0.05, 0.1) is 12.8 Å². The Morgan fingerprint density at radius 3 is 2.35 bits per heavy atom. The van der Waals surface area contributed by atoms with Crippen LogP contribution in [-0.4, -0.2) is 33.8 Å². The molecule has 20 heavy (non-hydrogen) atoms. The van der Waals surface area contributed by atoms with Gasteiger partial charge in [-0.05, 0) is 12.8 Å². The van der Waals surface area contributed by atoms with Gasteiger partial charge in [0.2, 0.25) is 0 Å². The van der Waals surface area contributed by atoms with Crippen LogP contribution in [0.3, 0.4) is 0 Å². The van der Waals surface area contributed by atoms with Gasteiger partial charge < -0.3 is 15.8 Å². The Kier molecular flexibility index (Phi) is 5.41. The minimum Gasteiger partial charge on any atom is -0.465 e. The highest BCUT2D eigenvalue weighted by Gasteiger charge is 2.28. The van der Waals surface area contributed by atoms with E-state index in [0.717, 1.165) is 30.4 Å². The standard InChI is InChI=1S/C12H20N2O4S2/c1-5-7(6-2)14-11-10(20(4,16)17)8(13)9(19-11)12(15)18-3/h7,14H,5-6,13H2,1-4H3. The van der Waals surface area contributed by atoms with E-state index in [9.17, 15) is 13.2 Å². The van der Waals surface area contributed by atoms with E-state index in [4.69, 9.17) is 5.73 Å². The van der Waals surface area contributed by atoms with E-state index in [1.54, 1.807) is 0 Å². The molecule has 0 fully saturated rings. The average Bonchev–Trinajstić information content (AvgIpc) is 2.71. The van der Waals surface area contributed by atoms with Crippen molar-refractivity contribution in [3.63, 3.8) is 0 Å². The number of ether oxygens (including phenoxy) is 1. The molecule has 0 aliphatic heterocycles. The van der Waals surface area contributed by atoms with Crippen molar-refractivity contribution in [1.82, 2.24) is 0 Å². The zero-order valence-corrected chi connectivity index (χ0v) is 13.7. The fourth-order valence-electron chi connectivity index (χ4n) is 1.81. The van der Waals surface area contributed by atoms with Crippen molar-refractivity contribution in [2.75, 3.05) is 24.4 Å². The number of nitrogens with two attached hydrogens (primary N) is 1. The van der Waals surface area contributed by atoms with E-state index >= 15 is 0 Å². The van der Waals surface area contributed by atoms with Gasteiger partial charge in [0.1, 0.15) is 14.8 Å². The van der Waals surface area contributed by atoms with Crippen molar-refractivity contribution in [2.24, 2.45) is 0 Å². The molecule has 1 rings (SSSR count). The number of nitrogen functional groups attached to an aromatic ring is 1. The Balaban J connectivity index is 3.39. The molecular weight excluding hydrogens is 300 g/mol. The number of rotatable bonds is 6. The Hall–Kier alpha value is -1.28. The van der Waals surface area contributed by atoms with Gasteiger partial charge in [-0.15, -0.1) is 11.3 Å². The minimum atomic E-state index is -3.53. The highest BCUT2D eigenvalue weighted by molar-refractivity contribution is 7.91. The van der Waals surface area contributed by atoms with Crippen LogP contribution in [-0.2, 0) is 14.6 Å². The van der Waals surface area contributed by atoms with Gasteiger partial charge in [-0.25, -0.2) is 13.2 Å². The molecule has 1 aromatic heterocycles. The zero-order chi connectivity index (χ0) is 15.5. The van der Waals surface area contributed by atoms with Crippen LogP contribution in [0.5, 0.6) is 0 Å². The van der Waals surface area contributed by atoms with E-state index in [2.05, 4.69) is 10.1 Å². The van der Waals surface area contributed by atoms with Gasteiger partial charge in [0.15, 0.2) is 9.84 Å². The Morgan fingerprint density at radius 1 is 1.40 bits per heavy atom. The minimum absolute atomic E-state index is 0.0187. The first kappa shape index (κ1) is 16.8. The normalized spacial score (nSPS) is 11.7. The second-order valence-electron chi connectivity index (χ2n) is 4.42. The number of carbonyl (C=O) groups excluding carboxylic acids is 1. The number of esters is 1. The van der Waals surface area contributed by atoms with Crippen molar-refractivity contribution < 1.29 is 17.9 Å². The first-order chi connectivity index (χ1) is 9.26. The van der Waals surface area contributed by atoms with Crippen molar-refractivity contribution >= 4 is 37.8 Å². The lowest BCUT2D eigenvalue weighted by Gasteiger charge is -2.15. The number of carbonyl (C=O) groups is 1. The lowest BCUT2D eigenvalue weighted by Crippen LogP contribution is -2.17. The summed E-state index contributed by atoms with van der Waals surface area (Å²) in [5, 5.41) is 3.55. The van der Waals surface area contributed by atoms with Crippen LogP contribution in [0.15, 0.2) is 4.90 Å². The summed E-state index contributed by atoms with van der Waals surface area (Å²) in [7, 11) is -2.30. The number of hydrogen-bond donors (Lipinski definition) is 2. The molecule has 0 saturated heterocycles. The SMILES string of the molecule is CCC(CC)Nc1sc(C(=O)OC)c(N)c1S(C)(=O)=O. The van der Waals surface area contributed by atoms with Crippen molar-refractivity contribution in [1.29, 1.82) is 0 Å². The van der Waals surface area contributed by atoms with Crippen molar-refractivity contribution in [3.8, 4) is 0 Å². The number of sulfone groups is 1. The summed E-state index contributed by atoms with van der Waals surface area (Å²) < 4.78 is 28.4. The maximum Gasteiger partial charge on any atom is 0.350 e. The monoisotopic (exact) mass is 320 g/mol. The molecule has 1 aromatic rings. The molecule has 0 amide bonds. The van der Waals surface area contributed by atoms with E-state index in [1.807, 2.05) is 13.8 Å². The number of hydrogen-bond acceptors (Lipinski definition) is 7. The Labute approximate surface area is 123 Å². The van der Waals surface area contributed by atoms with Gasteiger partial charge in [-0.1, -0.05) is 13.8 Å². The molecule has 0 saturated carbocycles. The van der Waals surface area contributed by atoms with Crippen LogP contribution in [0.4, 0.5) is 10.7 Å². The van der Waals surface area contributed by atoms with Crippen molar-refractivity contribution in [3.05, 3.63) is 4.88 Å². The molecule has 0 aromatic carbocycles. The third-order valence-electron chi connectivity index (χ3n) is 2.96. The van der Waals surface area contributed by atoms with Crippen LogP contribution in [0, 0.1) is 0 Å². The van der Waals surface area contributed by atoms with Gasteiger partial charge in [-0.2, -0.15) is 0 Å². The van der Waals surface area contributed by atoms with Crippen LogP contribution in [0.25, 0.3) is 0 Å². The first-order valence-corrected chi connectivity index (χ1v) is 8.94.